The second-order valence-electron chi connectivity index (χ2n) is 5.52. The van der Waals surface area contributed by atoms with Gasteiger partial charge < -0.3 is 9.64 Å². The molecule has 6 heteroatoms. The standard InChI is InChI=1S/C16H21N3O2S/c1-10-6-11(2)13(12(3)7-10)9-21-14-8-15(22-18-14)17-16(20)19(4)5/h6-8H,9H2,1-5H3,(H,17,20). The summed E-state index contributed by atoms with van der Waals surface area (Å²) in [6, 6.07) is 5.86. The molecular weight excluding hydrogens is 298 g/mol. The van der Waals surface area contributed by atoms with Crippen molar-refractivity contribution in [2.24, 2.45) is 0 Å². The van der Waals surface area contributed by atoms with Crippen molar-refractivity contribution in [3.05, 3.63) is 40.5 Å². The molecule has 2 amide bonds. The van der Waals surface area contributed by atoms with Crippen LogP contribution in [-0.4, -0.2) is 29.4 Å². The number of amides is 2. The zero-order valence-corrected chi connectivity index (χ0v) is 14.4. The lowest BCUT2D eigenvalue weighted by atomic mass is 10.0. The summed E-state index contributed by atoms with van der Waals surface area (Å²) in [7, 11) is 3.38. The third kappa shape index (κ3) is 3.98. The average molecular weight is 319 g/mol. The topological polar surface area (TPSA) is 54.5 Å². The van der Waals surface area contributed by atoms with Gasteiger partial charge in [-0.25, -0.2) is 4.79 Å². The van der Waals surface area contributed by atoms with Gasteiger partial charge in [0.25, 0.3) is 0 Å². The lowest BCUT2D eigenvalue weighted by molar-refractivity contribution is 0.231. The molecule has 0 radical (unpaired) electrons. The number of carbonyl (C=O) groups excluding carboxylic acids is 1. The molecule has 1 aromatic heterocycles. The zero-order valence-electron chi connectivity index (χ0n) is 13.6. The summed E-state index contributed by atoms with van der Waals surface area (Å²) < 4.78 is 9.96. The molecule has 2 aromatic rings. The summed E-state index contributed by atoms with van der Waals surface area (Å²) in [5.74, 6) is 0.526. The number of hydrogen-bond acceptors (Lipinski definition) is 4. The first-order valence-electron chi connectivity index (χ1n) is 7.01. The van der Waals surface area contributed by atoms with Gasteiger partial charge in [-0.2, -0.15) is 4.37 Å². The fraction of sp³-hybridized carbons (Fsp3) is 0.375. The van der Waals surface area contributed by atoms with Gasteiger partial charge in [0.15, 0.2) is 0 Å². The van der Waals surface area contributed by atoms with Crippen LogP contribution in [0, 0.1) is 20.8 Å². The Labute approximate surface area is 135 Å². The number of carbonyl (C=O) groups is 1. The van der Waals surface area contributed by atoms with E-state index >= 15 is 0 Å². The first-order chi connectivity index (χ1) is 10.4. The molecule has 2 rings (SSSR count). The Morgan fingerprint density at radius 2 is 1.86 bits per heavy atom. The number of nitrogens with one attached hydrogen (secondary N) is 1. The molecule has 1 N–H and O–H groups in total. The molecule has 1 heterocycles. The summed E-state index contributed by atoms with van der Waals surface area (Å²) in [5, 5.41) is 3.43. The van der Waals surface area contributed by atoms with E-state index in [1.54, 1.807) is 20.2 Å². The monoisotopic (exact) mass is 319 g/mol. The molecule has 0 aliphatic rings. The van der Waals surface area contributed by atoms with E-state index in [9.17, 15) is 4.79 Å². The number of aryl methyl sites for hydroxylation is 3. The Bertz CT molecular complexity index is 657. The van der Waals surface area contributed by atoms with Crippen LogP contribution in [0.5, 0.6) is 5.88 Å². The van der Waals surface area contributed by atoms with Crippen molar-refractivity contribution in [2.75, 3.05) is 19.4 Å². The zero-order chi connectivity index (χ0) is 16.3. The predicted octanol–water partition coefficient (Wildman–Crippen LogP) is 3.74. The summed E-state index contributed by atoms with van der Waals surface area (Å²) in [6.45, 7) is 6.73. The number of benzene rings is 1. The van der Waals surface area contributed by atoms with Gasteiger partial charge in [-0.15, -0.1) is 0 Å². The maximum atomic E-state index is 11.6. The molecule has 1 aromatic carbocycles. The van der Waals surface area contributed by atoms with Gasteiger partial charge in [-0.1, -0.05) is 17.7 Å². The fourth-order valence-electron chi connectivity index (χ4n) is 2.19. The minimum Gasteiger partial charge on any atom is -0.472 e. The van der Waals surface area contributed by atoms with Crippen LogP contribution in [0.15, 0.2) is 18.2 Å². The van der Waals surface area contributed by atoms with Gasteiger partial charge in [-0.3, -0.25) is 5.32 Å². The maximum Gasteiger partial charge on any atom is 0.321 e. The molecule has 0 saturated heterocycles. The van der Waals surface area contributed by atoms with Crippen molar-refractivity contribution < 1.29 is 9.53 Å². The van der Waals surface area contributed by atoms with Crippen molar-refractivity contribution in [1.82, 2.24) is 9.27 Å². The van der Waals surface area contributed by atoms with E-state index in [0.29, 0.717) is 17.5 Å². The van der Waals surface area contributed by atoms with Gasteiger partial charge >= 0.3 is 6.03 Å². The molecule has 0 aliphatic carbocycles. The summed E-state index contributed by atoms with van der Waals surface area (Å²) in [4.78, 5) is 13.0. The van der Waals surface area contributed by atoms with E-state index in [2.05, 4.69) is 42.6 Å². The normalized spacial score (nSPS) is 10.4. The second-order valence-corrected chi connectivity index (χ2v) is 6.32. The third-order valence-electron chi connectivity index (χ3n) is 3.33. The minimum absolute atomic E-state index is 0.180. The largest absolute Gasteiger partial charge is 0.472 e. The molecule has 0 aliphatic heterocycles. The van der Waals surface area contributed by atoms with E-state index in [0.717, 1.165) is 0 Å². The molecular formula is C16H21N3O2S. The lowest BCUT2D eigenvalue weighted by Gasteiger charge is -2.11. The highest BCUT2D eigenvalue weighted by molar-refractivity contribution is 7.10. The highest BCUT2D eigenvalue weighted by Gasteiger charge is 2.10. The third-order valence-corrected chi connectivity index (χ3v) is 4.02. The maximum absolute atomic E-state index is 11.6. The van der Waals surface area contributed by atoms with E-state index in [4.69, 9.17) is 4.74 Å². The lowest BCUT2D eigenvalue weighted by Crippen LogP contribution is -2.26. The highest BCUT2D eigenvalue weighted by Crippen LogP contribution is 2.24. The first kappa shape index (κ1) is 16.3. The van der Waals surface area contributed by atoms with Crippen LogP contribution in [0.4, 0.5) is 9.80 Å². The Morgan fingerprint density at radius 3 is 2.45 bits per heavy atom. The molecule has 0 atom stereocenters. The fourth-order valence-corrected chi connectivity index (χ4v) is 2.77. The first-order valence-corrected chi connectivity index (χ1v) is 7.78. The van der Waals surface area contributed by atoms with Gasteiger partial charge in [0.05, 0.1) is 0 Å². The van der Waals surface area contributed by atoms with Crippen molar-refractivity contribution in [2.45, 2.75) is 27.4 Å². The number of urea groups is 1. The van der Waals surface area contributed by atoms with Gasteiger partial charge in [-0.05, 0) is 49.0 Å². The molecule has 0 fully saturated rings. The Hall–Kier alpha value is -2.08. The van der Waals surface area contributed by atoms with Crippen molar-refractivity contribution in [3.63, 3.8) is 0 Å². The van der Waals surface area contributed by atoms with E-state index in [-0.39, 0.29) is 6.03 Å². The van der Waals surface area contributed by atoms with E-state index < -0.39 is 0 Å². The number of rotatable bonds is 4. The van der Waals surface area contributed by atoms with Crippen LogP contribution in [-0.2, 0) is 6.61 Å². The number of nitrogens with zero attached hydrogens (tertiary/aromatic N) is 2. The number of hydrogen-bond donors (Lipinski definition) is 1. The van der Waals surface area contributed by atoms with Crippen molar-refractivity contribution >= 4 is 22.6 Å². The Kier molecular flexibility index (Phi) is 5.03. The smallest absolute Gasteiger partial charge is 0.321 e. The molecule has 5 nitrogen and oxygen atoms in total. The van der Waals surface area contributed by atoms with Crippen LogP contribution >= 0.6 is 11.5 Å². The van der Waals surface area contributed by atoms with Gasteiger partial charge in [0, 0.05) is 20.2 Å². The molecule has 0 bridgehead atoms. The van der Waals surface area contributed by atoms with Crippen molar-refractivity contribution in [1.29, 1.82) is 0 Å². The molecule has 0 unspecified atom stereocenters. The van der Waals surface area contributed by atoms with Gasteiger partial charge in [0.1, 0.15) is 11.6 Å². The van der Waals surface area contributed by atoms with Crippen LogP contribution in [0.3, 0.4) is 0 Å². The van der Waals surface area contributed by atoms with Crippen molar-refractivity contribution in [3.8, 4) is 5.88 Å². The average Bonchev–Trinajstić information content (AvgIpc) is 2.84. The Morgan fingerprint density at radius 1 is 1.23 bits per heavy atom. The molecule has 118 valence electrons. The summed E-state index contributed by atoms with van der Waals surface area (Å²) >= 11 is 1.21. The van der Waals surface area contributed by atoms with E-state index in [1.165, 1.54) is 38.7 Å². The number of aromatic nitrogens is 1. The molecule has 0 spiro atoms. The predicted molar refractivity (Wildman–Crippen MR) is 89.8 cm³/mol. The number of anilines is 1. The minimum atomic E-state index is -0.180. The van der Waals surface area contributed by atoms with Crippen LogP contribution < -0.4 is 10.1 Å². The van der Waals surface area contributed by atoms with Gasteiger partial charge in [0.2, 0.25) is 5.88 Å². The second kappa shape index (κ2) is 6.79. The SMILES string of the molecule is Cc1cc(C)c(COc2cc(NC(=O)N(C)C)sn2)c(C)c1. The Balaban J connectivity index is 2.01. The van der Waals surface area contributed by atoms with E-state index in [1.807, 2.05) is 0 Å². The quantitative estimate of drug-likeness (QED) is 0.934. The number of ether oxygens (including phenoxy) is 1. The van der Waals surface area contributed by atoms with Crippen LogP contribution in [0.25, 0.3) is 0 Å². The summed E-state index contributed by atoms with van der Waals surface area (Å²) in [6.07, 6.45) is 0. The van der Waals surface area contributed by atoms with Crippen LogP contribution in [0.1, 0.15) is 22.3 Å². The van der Waals surface area contributed by atoms with Crippen LogP contribution in [0.2, 0.25) is 0 Å². The molecule has 0 saturated carbocycles. The molecule has 22 heavy (non-hydrogen) atoms. The summed E-state index contributed by atoms with van der Waals surface area (Å²) in [5.41, 5.74) is 4.86. The highest BCUT2D eigenvalue weighted by atomic mass is 32.1.